The summed E-state index contributed by atoms with van der Waals surface area (Å²) in [5, 5.41) is 11.6. The molecule has 1 amide bonds. The standard InChI is InChI=1S/C49H60BrN7O7S/c1-7-61-47(58)46-39(19-12-31-62-43-20-10-15-34-14-8-9-16-37(34)43)38-17-11-18-40(45(38)57(46)26-13-25-54(6)48(59)64-49(2,3)4)44-41(32-50)52-53-42(44)33-63-36-23-21-35(22-24-36)55-27-29-56(30-28-55)65(60)51-5/h8-11,14-18,20-24,51H,7,12-13,19,25-33H2,1-6H3,(H,52,53). The Kier molecular flexibility index (Phi) is 16.0. The van der Waals surface area contributed by atoms with Crippen LogP contribution in [0, 0.1) is 0 Å². The van der Waals surface area contributed by atoms with E-state index in [9.17, 15) is 14.1 Å². The Morgan fingerprint density at radius 3 is 2.38 bits per heavy atom. The second-order valence-electron chi connectivity index (χ2n) is 16.9. The molecule has 0 bridgehead atoms. The smallest absolute Gasteiger partial charge is 0.410 e. The van der Waals surface area contributed by atoms with Gasteiger partial charge in [0.2, 0.25) is 0 Å². The normalized spacial score (nSPS) is 13.9. The number of carbonyl (C=O) groups is 2. The minimum absolute atomic E-state index is 0.212. The van der Waals surface area contributed by atoms with Crippen molar-refractivity contribution in [1.29, 1.82) is 0 Å². The van der Waals surface area contributed by atoms with Crippen LogP contribution in [-0.2, 0) is 45.9 Å². The summed E-state index contributed by atoms with van der Waals surface area (Å²) >= 11 is 2.52. The van der Waals surface area contributed by atoms with Crippen molar-refractivity contribution in [3.05, 3.63) is 108 Å². The Bertz CT molecular complexity index is 2550. The highest BCUT2D eigenvalue weighted by Gasteiger charge is 2.29. The molecule has 4 aromatic carbocycles. The lowest BCUT2D eigenvalue weighted by Gasteiger charge is -2.34. The van der Waals surface area contributed by atoms with Crippen LogP contribution in [0.25, 0.3) is 32.8 Å². The first kappa shape index (κ1) is 47.7. The van der Waals surface area contributed by atoms with E-state index in [1.54, 1.807) is 19.0 Å². The maximum absolute atomic E-state index is 14.2. The zero-order valence-corrected chi connectivity index (χ0v) is 40.6. The molecule has 1 aliphatic heterocycles. The number of para-hydroxylation sites is 1. The molecule has 0 spiro atoms. The molecular weight excluding hydrogens is 911 g/mol. The zero-order chi connectivity index (χ0) is 46.1. The van der Waals surface area contributed by atoms with Crippen LogP contribution in [0.1, 0.15) is 68.0 Å². The number of H-pyrrole nitrogens is 1. The molecule has 3 heterocycles. The van der Waals surface area contributed by atoms with Gasteiger partial charge in [-0.3, -0.25) is 5.10 Å². The van der Waals surface area contributed by atoms with Crippen molar-refractivity contribution in [1.82, 2.24) is 28.7 Å². The van der Waals surface area contributed by atoms with Gasteiger partial charge in [0.1, 0.15) is 40.9 Å². The van der Waals surface area contributed by atoms with Crippen LogP contribution < -0.4 is 19.1 Å². The molecule has 1 aliphatic rings. The van der Waals surface area contributed by atoms with Gasteiger partial charge in [0, 0.05) is 73.2 Å². The number of halogens is 1. The largest absolute Gasteiger partial charge is 0.579 e. The Balaban J connectivity index is 1.20. The molecule has 0 aliphatic carbocycles. The molecule has 1 atom stereocenters. The summed E-state index contributed by atoms with van der Waals surface area (Å²) in [7, 11) is 3.43. The Hall–Kier alpha value is -5.26. The quantitative estimate of drug-likeness (QED) is 0.0347. The Labute approximate surface area is 393 Å². The SMILES string of the molecule is CCOC(=O)c1c(CCCOc2cccc3ccccc23)c2cccc(-c3c(CBr)n[nH]c3COc3ccc(N4CCN([S+]([O-])NC)CC4)cc3)c2n1CCCN(C)C(=O)OC(C)(C)C. The highest BCUT2D eigenvalue weighted by atomic mass is 79.9. The van der Waals surface area contributed by atoms with Crippen molar-refractivity contribution >= 4 is 66.9 Å². The maximum Gasteiger partial charge on any atom is 0.410 e. The second-order valence-corrected chi connectivity index (χ2v) is 18.9. The predicted molar refractivity (Wildman–Crippen MR) is 261 cm³/mol. The third-order valence-corrected chi connectivity index (χ3v) is 13.1. The van der Waals surface area contributed by atoms with E-state index in [1.165, 1.54) is 0 Å². The number of esters is 1. The number of rotatable bonds is 19. The van der Waals surface area contributed by atoms with E-state index in [1.807, 2.05) is 74.5 Å². The predicted octanol–water partition coefficient (Wildman–Crippen LogP) is 9.02. The first-order valence-electron chi connectivity index (χ1n) is 22.2. The number of fused-ring (bicyclic) bond motifs is 2. The van der Waals surface area contributed by atoms with Crippen molar-refractivity contribution in [3.8, 4) is 22.6 Å². The minimum atomic E-state index is -1.18. The van der Waals surface area contributed by atoms with Gasteiger partial charge in [0.15, 0.2) is 0 Å². The van der Waals surface area contributed by atoms with Crippen LogP contribution in [0.3, 0.4) is 0 Å². The van der Waals surface area contributed by atoms with Gasteiger partial charge >= 0.3 is 12.1 Å². The molecule has 2 N–H and O–H groups in total. The van der Waals surface area contributed by atoms with Crippen molar-refractivity contribution in [2.24, 2.45) is 0 Å². The lowest BCUT2D eigenvalue weighted by molar-refractivity contribution is 0.0294. The Morgan fingerprint density at radius 1 is 0.938 bits per heavy atom. The summed E-state index contributed by atoms with van der Waals surface area (Å²) in [6.45, 7) is 12.0. The monoisotopic (exact) mass is 969 g/mol. The van der Waals surface area contributed by atoms with E-state index in [2.05, 4.69) is 77.7 Å². The molecule has 346 valence electrons. The summed E-state index contributed by atoms with van der Waals surface area (Å²) < 4.78 is 43.3. The summed E-state index contributed by atoms with van der Waals surface area (Å²) in [6, 6.07) is 28.4. The molecule has 0 saturated carbocycles. The van der Waals surface area contributed by atoms with Gasteiger partial charge in [0.05, 0.1) is 43.2 Å². The summed E-state index contributed by atoms with van der Waals surface area (Å²) in [5.41, 5.74) is 6.03. The molecule has 65 heavy (non-hydrogen) atoms. The number of aryl methyl sites for hydroxylation is 2. The van der Waals surface area contributed by atoms with E-state index >= 15 is 0 Å². The number of nitrogens with zero attached hydrogens (tertiary/aromatic N) is 5. The number of amides is 1. The fourth-order valence-electron chi connectivity index (χ4n) is 8.33. The average Bonchev–Trinajstić information content (AvgIpc) is 3.87. The average molecular weight is 971 g/mol. The van der Waals surface area contributed by atoms with Crippen LogP contribution in [0.4, 0.5) is 10.5 Å². The number of carbonyl (C=O) groups excluding carboxylic acids is 2. The molecule has 0 radical (unpaired) electrons. The lowest BCUT2D eigenvalue weighted by Crippen LogP contribution is -2.51. The molecule has 1 unspecified atom stereocenters. The van der Waals surface area contributed by atoms with Gasteiger partial charge < -0.3 is 37.9 Å². The highest BCUT2D eigenvalue weighted by Crippen LogP contribution is 2.39. The number of aromatic nitrogens is 3. The zero-order valence-electron chi connectivity index (χ0n) is 38.2. The number of benzene rings is 4. The molecule has 2 aromatic heterocycles. The number of nitrogens with one attached hydrogen (secondary N) is 2. The number of aromatic amines is 1. The van der Waals surface area contributed by atoms with Crippen molar-refractivity contribution in [2.75, 3.05) is 64.9 Å². The van der Waals surface area contributed by atoms with Crippen LogP contribution in [0.5, 0.6) is 11.5 Å². The molecule has 1 saturated heterocycles. The van der Waals surface area contributed by atoms with Gasteiger partial charge in [-0.05, 0) is 88.2 Å². The third kappa shape index (κ3) is 11.4. The second kappa shape index (κ2) is 21.8. The topological polar surface area (TPSA) is 149 Å². The van der Waals surface area contributed by atoms with E-state index < -0.39 is 29.2 Å². The lowest BCUT2D eigenvalue weighted by atomic mass is 9.98. The van der Waals surface area contributed by atoms with Crippen molar-refractivity contribution in [2.45, 2.75) is 71.0 Å². The van der Waals surface area contributed by atoms with Crippen LogP contribution >= 0.6 is 15.9 Å². The van der Waals surface area contributed by atoms with E-state index in [0.29, 0.717) is 68.8 Å². The number of hydrogen-bond donors (Lipinski definition) is 2. The van der Waals surface area contributed by atoms with Gasteiger partial charge in [-0.1, -0.05) is 70.5 Å². The molecule has 14 nitrogen and oxygen atoms in total. The van der Waals surface area contributed by atoms with E-state index in [-0.39, 0.29) is 13.2 Å². The number of anilines is 1. The third-order valence-electron chi connectivity index (χ3n) is 11.4. The fraction of sp³-hybridized carbons (Fsp3) is 0.408. The summed E-state index contributed by atoms with van der Waals surface area (Å²) in [4.78, 5) is 31.1. The molecule has 7 rings (SSSR count). The van der Waals surface area contributed by atoms with Crippen LogP contribution in [0.15, 0.2) is 84.9 Å². The number of alkyl halides is 1. The molecular formula is C49H60BrN7O7S. The number of ether oxygens (including phenoxy) is 4. The first-order valence-corrected chi connectivity index (χ1v) is 24.4. The van der Waals surface area contributed by atoms with E-state index in [0.717, 1.165) is 74.3 Å². The number of hydrogen-bond acceptors (Lipinski definition) is 11. The maximum atomic E-state index is 14.2. The van der Waals surface area contributed by atoms with Gasteiger partial charge in [-0.2, -0.15) is 5.10 Å². The molecule has 6 aromatic rings. The van der Waals surface area contributed by atoms with Gasteiger partial charge in [-0.25, -0.2) is 9.59 Å². The van der Waals surface area contributed by atoms with Crippen LogP contribution in [0.2, 0.25) is 0 Å². The summed E-state index contributed by atoms with van der Waals surface area (Å²) in [5.74, 6) is 1.12. The minimum Gasteiger partial charge on any atom is -0.579 e. The highest BCUT2D eigenvalue weighted by molar-refractivity contribution is 9.08. The van der Waals surface area contributed by atoms with Gasteiger partial charge in [0.25, 0.3) is 0 Å². The molecule has 1 fully saturated rings. The summed E-state index contributed by atoms with van der Waals surface area (Å²) in [6.07, 6.45) is 1.33. The molecule has 16 heteroatoms. The van der Waals surface area contributed by atoms with E-state index in [4.69, 9.17) is 24.0 Å². The van der Waals surface area contributed by atoms with Crippen molar-refractivity contribution in [3.63, 3.8) is 0 Å². The number of piperazine rings is 1. The van der Waals surface area contributed by atoms with Crippen molar-refractivity contribution < 1.29 is 33.1 Å². The first-order chi connectivity index (χ1) is 31.4. The Morgan fingerprint density at radius 2 is 1.66 bits per heavy atom. The fourth-order valence-corrected chi connectivity index (χ4v) is 9.49. The van der Waals surface area contributed by atoms with Crippen LogP contribution in [-0.4, -0.2) is 106 Å². The van der Waals surface area contributed by atoms with Gasteiger partial charge in [-0.15, -0.1) is 9.03 Å².